The van der Waals surface area contributed by atoms with Crippen molar-refractivity contribution in [3.8, 4) is 0 Å². The Morgan fingerprint density at radius 3 is 2.50 bits per heavy atom. The maximum atomic E-state index is 3.38. The molecule has 8 heavy (non-hydrogen) atoms. The van der Waals surface area contributed by atoms with E-state index < -0.39 is 0 Å². The summed E-state index contributed by atoms with van der Waals surface area (Å²) in [7, 11) is 0. The van der Waals surface area contributed by atoms with E-state index in [1.54, 1.807) is 5.57 Å². The summed E-state index contributed by atoms with van der Waals surface area (Å²) in [5.74, 6) is 0. The molecule has 0 aromatic rings. The largest absolute Gasteiger partial charge is 0.0883 e. The third-order valence-electron chi connectivity index (χ3n) is 1.61. The number of halogens is 1. The summed E-state index contributed by atoms with van der Waals surface area (Å²) in [5, 5.41) is 1.04. The minimum Gasteiger partial charge on any atom is -0.0883 e. The highest BCUT2D eigenvalue weighted by molar-refractivity contribution is 9.09. The molecule has 0 aromatic carbocycles. The molecule has 0 heterocycles. The van der Waals surface area contributed by atoms with Gasteiger partial charge in [-0.15, -0.1) is 0 Å². The summed E-state index contributed by atoms with van der Waals surface area (Å²) >= 11 is 3.38. The molecule has 1 aliphatic carbocycles. The molecule has 0 radical (unpaired) electrons. The van der Waals surface area contributed by atoms with Gasteiger partial charge in [-0.1, -0.05) is 27.6 Å². The van der Waals surface area contributed by atoms with Crippen molar-refractivity contribution < 1.29 is 0 Å². The Morgan fingerprint density at radius 1 is 1.38 bits per heavy atom. The fourth-order valence-electron chi connectivity index (χ4n) is 1.14. The van der Waals surface area contributed by atoms with Crippen LogP contribution < -0.4 is 0 Å². The lowest BCUT2D eigenvalue weighted by Crippen LogP contribution is -1.70. The Bertz CT molecular complexity index is 86.6. The molecule has 0 amide bonds. The van der Waals surface area contributed by atoms with Crippen LogP contribution in [0, 0.1) is 0 Å². The summed E-state index contributed by atoms with van der Waals surface area (Å²) in [4.78, 5) is 0. The summed E-state index contributed by atoms with van der Waals surface area (Å²) in [5.41, 5.74) is 1.65. The van der Waals surface area contributed by atoms with Crippen LogP contribution in [0.25, 0.3) is 0 Å². The van der Waals surface area contributed by atoms with E-state index in [1.165, 1.54) is 25.7 Å². The second kappa shape index (κ2) is 3.29. The molecule has 1 heteroatoms. The average Bonchev–Trinajstić information content (AvgIpc) is 2.19. The van der Waals surface area contributed by atoms with Gasteiger partial charge in [0.1, 0.15) is 0 Å². The standard InChI is InChI=1S/C7H11Br/c8-6-5-7-3-1-2-4-7/h5H,1-4,6H2. The fourth-order valence-corrected chi connectivity index (χ4v) is 1.60. The lowest BCUT2D eigenvalue weighted by atomic mass is 10.2. The zero-order valence-corrected chi connectivity index (χ0v) is 6.58. The molecule has 46 valence electrons. The first-order chi connectivity index (χ1) is 3.93. The summed E-state index contributed by atoms with van der Waals surface area (Å²) in [6, 6.07) is 0. The quantitative estimate of drug-likeness (QED) is 0.424. The number of allylic oxidation sites excluding steroid dienone is 2. The first kappa shape index (κ1) is 6.34. The molecule has 0 bridgehead atoms. The van der Waals surface area contributed by atoms with E-state index in [0.717, 1.165) is 5.33 Å². The lowest BCUT2D eigenvalue weighted by Gasteiger charge is -1.88. The van der Waals surface area contributed by atoms with Crippen molar-refractivity contribution in [1.29, 1.82) is 0 Å². The third kappa shape index (κ3) is 1.62. The van der Waals surface area contributed by atoms with Gasteiger partial charge in [0.2, 0.25) is 0 Å². The minimum absolute atomic E-state index is 1.04. The molecule has 0 spiro atoms. The predicted octanol–water partition coefficient (Wildman–Crippen LogP) is 2.88. The minimum atomic E-state index is 1.04. The number of rotatable bonds is 1. The van der Waals surface area contributed by atoms with E-state index in [4.69, 9.17) is 0 Å². The van der Waals surface area contributed by atoms with Gasteiger partial charge in [0.15, 0.2) is 0 Å². The van der Waals surface area contributed by atoms with Gasteiger partial charge >= 0.3 is 0 Å². The Balaban J connectivity index is 2.33. The van der Waals surface area contributed by atoms with Gasteiger partial charge in [-0.2, -0.15) is 0 Å². The van der Waals surface area contributed by atoms with E-state index in [-0.39, 0.29) is 0 Å². The van der Waals surface area contributed by atoms with Crippen LogP contribution in [-0.2, 0) is 0 Å². The molecule has 0 N–H and O–H groups in total. The second-order valence-corrected chi connectivity index (χ2v) is 2.87. The molecular weight excluding hydrogens is 164 g/mol. The maximum absolute atomic E-state index is 3.38. The molecular formula is C7H11Br. The SMILES string of the molecule is BrCC=C1CCCC1. The first-order valence-corrected chi connectivity index (χ1v) is 4.29. The smallest absolute Gasteiger partial charge is 0.0214 e. The van der Waals surface area contributed by atoms with Crippen LogP contribution in [0.3, 0.4) is 0 Å². The van der Waals surface area contributed by atoms with Crippen molar-refractivity contribution in [3.05, 3.63) is 11.6 Å². The summed E-state index contributed by atoms with van der Waals surface area (Å²) < 4.78 is 0. The van der Waals surface area contributed by atoms with Crippen molar-refractivity contribution in [2.45, 2.75) is 25.7 Å². The van der Waals surface area contributed by atoms with E-state index in [2.05, 4.69) is 22.0 Å². The molecule has 1 aliphatic rings. The van der Waals surface area contributed by atoms with Crippen LogP contribution in [0.2, 0.25) is 0 Å². The van der Waals surface area contributed by atoms with E-state index >= 15 is 0 Å². The van der Waals surface area contributed by atoms with Crippen molar-refractivity contribution in [3.63, 3.8) is 0 Å². The lowest BCUT2D eigenvalue weighted by molar-refractivity contribution is 0.886. The van der Waals surface area contributed by atoms with Crippen molar-refractivity contribution in [2.24, 2.45) is 0 Å². The highest BCUT2D eigenvalue weighted by Crippen LogP contribution is 2.23. The highest BCUT2D eigenvalue weighted by atomic mass is 79.9. The monoisotopic (exact) mass is 174 g/mol. The predicted molar refractivity (Wildman–Crippen MR) is 40.3 cm³/mol. The molecule has 1 fully saturated rings. The van der Waals surface area contributed by atoms with Crippen LogP contribution in [-0.4, -0.2) is 5.33 Å². The number of hydrogen-bond acceptors (Lipinski definition) is 0. The molecule has 0 saturated heterocycles. The van der Waals surface area contributed by atoms with Crippen molar-refractivity contribution in [1.82, 2.24) is 0 Å². The fraction of sp³-hybridized carbons (Fsp3) is 0.714. The Hall–Kier alpha value is 0.220. The number of alkyl halides is 1. The van der Waals surface area contributed by atoms with Crippen molar-refractivity contribution >= 4 is 15.9 Å². The first-order valence-electron chi connectivity index (χ1n) is 3.17. The van der Waals surface area contributed by atoms with Crippen molar-refractivity contribution in [2.75, 3.05) is 5.33 Å². The van der Waals surface area contributed by atoms with Gasteiger partial charge in [-0.25, -0.2) is 0 Å². The van der Waals surface area contributed by atoms with E-state index in [0.29, 0.717) is 0 Å². The van der Waals surface area contributed by atoms with Gasteiger partial charge in [0.05, 0.1) is 0 Å². The third-order valence-corrected chi connectivity index (χ3v) is 1.94. The Labute approximate surface area is 59.1 Å². The topological polar surface area (TPSA) is 0 Å². The maximum Gasteiger partial charge on any atom is 0.0214 e. The molecule has 1 rings (SSSR count). The van der Waals surface area contributed by atoms with Crippen LogP contribution in [0.4, 0.5) is 0 Å². The van der Waals surface area contributed by atoms with Gasteiger partial charge in [0, 0.05) is 5.33 Å². The van der Waals surface area contributed by atoms with E-state index in [1.807, 2.05) is 0 Å². The average molecular weight is 175 g/mol. The summed E-state index contributed by atoms with van der Waals surface area (Å²) in [6.07, 6.45) is 7.84. The van der Waals surface area contributed by atoms with Crippen LogP contribution >= 0.6 is 15.9 Å². The molecule has 0 unspecified atom stereocenters. The second-order valence-electron chi connectivity index (χ2n) is 2.22. The Kier molecular flexibility index (Phi) is 2.60. The zero-order valence-electron chi connectivity index (χ0n) is 4.99. The van der Waals surface area contributed by atoms with Crippen LogP contribution in [0.5, 0.6) is 0 Å². The molecule has 0 nitrogen and oxygen atoms in total. The Morgan fingerprint density at radius 2 is 2.00 bits per heavy atom. The summed E-state index contributed by atoms with van der Waals surface area (Å²) in [6.45, 7) is 0. The van der Waals surface area contributed by atoms with Gasteiger partial charge < -0.3 is 0 Å². The van der Waals surface area contributed by atoms with Gasteiger partial charge in [-0.05, 0) is 25.7 Å². The van der Waals surface area contributed by atoms with Crippen LogP contribution in [0.1, 0.15) is 25.7 Å². The molecule has 0 aliphatic heterocycles. The normalized spacial score (nSPS) is 19.4. The molecule has 0 atom stereocenters. The van der Waals surface area contributed by atoms with Gasteiger partial charge in [0.25, 0.3) is 0 Å². The van der Waals surface area contributed by atoms with Gasteiger partial charge in [-0.3, -0.25) is 0 Å². The highest BCUT2D eigenvalue weighted by Gasteiger charge is 2.03. The number of hydrogen-bond donors (Lipinski definition) is 0. The molecule has 1 saturated carbocycles. The van der Waals surface area contributed by atoms with Crippen LogP contribution in [0.15, 0.2) is 11.6 Å². The zero-order chi connectivity index (χ0) is 5.82. The van der Waals surface area contributed by atoms with E-state index in [9.17, 15) is 0 Å². The molecule has 0 aromatic heterocycles.